The van der Waals surface area contributed by atoms with Gasteiger partial charge in [0.05, 0.1) is 18.5 Å². The summed E-state index contributed by atoms with van der Waals surface area (Å²) in [6.07, 6.45) is -0.229. The van der Waals surface area contributed by atoms with Crippen LogP contribution in [0.15, 0.2) is 18.2 Å². The van der Waals surface area contributed by atoms with Crippen LogP contribution in [0, 0.1) is 0 Å². The number of aliphatic carboxylic acids is 1. The Morgan fingerprint density at radius 3 is 2.39 bits per heavy atom. The van der Waals surface area contributed by atoms with Gasteiger partial charge in [-0.15, -0.1) is 0 Å². The second-order valence-electron chi connectivity index (χ2n) is 5.98. The third kappa shape index (κ3) is 6.06. The highest BCUT2D eigenvalue weighted by Gasteiger charge is 2.20. The van der Waals surface area contributed by atoms with E-state index < -0.39 is 23.7 Å². The molecule has 0 radical (unpaired) electrons. The van der Waals surface area contributed by atoms with Crippen molar-refractivity contribution in [1.82, 2.24) is 0 Å². The van der Waals surface area contributed by atoms with Crippen molar-refractivity contribution < 1.29 is 24.2 Å². The largest absolute Gasteiger partial charge is 0.497 e. The predicted molar refractivity (Wildman–Crippen MR) is 88.2 cm³/mol. The third-order valence-electron chi connectivity index (χ3n) is 2.90. The van der Waals surface area contributed by atoms with Gasteiger partial charge in [-0.3, -0.25) is 5.32 Å². The molecule has 0 fully saturated rings. The zero-order valence-electron chi connectivity index (χ0n) is 14.1. The molecule has 1 rings (SSSR count). The van der Waals surface area contributed by atoms with Crippen molar-refractivity contribution in [3.05, 3.63) is 18.2 Å². The van der Waals surface area contributed by atoms with Crippen LogP contribution in [0.1, 0.15) is 34.1 Å². The fourth-order valence-electron chi connectivity index (χ4n) is 1.82. The van der Waals surface area contributed by atoms with Crippen LogP contribution in [-0.2, 0) is 9.53 Å². The molecule has 7 heteroatoms. The lowest BCUT2D eigenvalue weighted by Crippen LogP contribution is -2.30. The zero-order chi connectivity index (χ0) is 17.6. The highest BCUT2D eigenvalue weighted by molar-refractivity contribution is 5.91. The molecule has 0 aliphatic carbocycles. The number of amides is 1. The van der Waals surface area contributed by atoms with Gasteiger partial charge in [0.25, 0.3) is 0 Å². The van der Waals surface area contributed by atoms with Crippen LogP contribution in [0.25, 0.3) is 0 Å². The molecule has 3 N–H and O–H groups in total. The summed E-state index contributed by atoms with van der Waals surface area (Å²) in [5.74, 6) is -0.430. The summed E-state index contributed by atoms with van der Waals surface area (Å²) in [7, 11) is 1.51. The van der Waals surface area contributed by atoms with E-state index in [1.54, 1.807) is 45.9 Å². The van der Waals surface area contributed by atoms with Gasteiger partial charge in [-0.2, -0.15) is 0 Å². The van der Waals surface area contributed by atoms with Crippen molar-refractivity contribution in [3.8, 4) is 5.75 Å². The first-order valence-electron chi connectivity index (χ1n) is 7.33. The van der Waals surface area contributed by atoms with Gasteiger partial charge in [-0.25, -0.2) is 9.59 Å². The monoisotopic (exact) mass is 324 g/mol. The fraction of sp³-hybridized carbons (Fsp3) is 0.500. The molecule has 128 valence electrons. The molecule has 0 aromatic heterocycles. The summed E-state index contributed by atoms with van der Waals surface area (Å²) in [6, 6.07) is 4.14. The average molecular weight is 324 g/mol. The van der Waals surface area contributed by atoms with E-state index in [-0.39, 0.29) is 0 Å². The first-order chi connectivity index (χ1) is 10.7. The molecule has 0 heterocycles. The fourth-order valence-corrected chi connectivity index (χ4v) is 1.82. The Bertz CT molecular complexity index is 566. The number of nitrogens with one attached hydrogen (secondary N) is 2. The standard InChI is InChI=1S/C16H24N2O5/c1-6-11(14(19)20)17-13-9-10(22-5)7-8-12(13)18-15(21)23-16(2,3)4/h7-9,11,17H,6H2,1-5H3,(H,18,21)(H,19,20). The number of carboxylic acid groups (broad SMARTS) is 1. The molecule has 1 aromatic rings. The maximum atomic E-state index is 11.9. The normalized spacial score (nSPS) is 12.2. The Kier molecular flexibility index (Phi) is 6.24. The minimum absolute atomic E-state index is 0.387. The van der Waals surface area contributed by atoms with E-state index in [1.165, 1.54) is 7.11 Å². The lowest BCUT2D eigenvalue weighted by molar-refractivity contribution is -0.137. The van der Waals surface area contributed by atoms with Gasteiger partial charge < -0.3 is 19.9 Å². The number of hydrogen-bond acceptors (Lipinski definition) is 5. The first kappa shape index (κ1) is 18.6. The van der Waals surface area contributed by atoms with Gasteiger partial charge in [0.15, 0.2) is 0 Å². The van der Waals surface area contributed by atoms with Gasteiger partial charge in [0.1, 0.15) is 17.4 Å². The lowest BCUT2D eigenvalue weighted by Gasteiger charge is -2.22. The number of benzene rings is 1. The van der Waals surface area contributed by atoms with Gasteiger partial charge in [0, 0.05) is 6.07 Å². The van der Waals surface area contributed by atoms with Crippen molar-refractivity contribution in [2.75, 3.05) is 17.7 Å². The summed E-state index contributed by atoms with van der Waals surface area (Å²) in [5.41, 5.74) is 0.237. The molecule has 1 amide bonds. The second-order valence-corrected chi connectivity index (χ2v) is 5.98. The van der Waals surface area contributed by atoms with Crippen LogP contribution in [0.4, 0.5) is 16.2 Å². The van der Waals surface area contributed by atoms with E-state index >= 15 is 0 Å². The minimum Gasteiger partial charge on any atom is -0.497 e. The summed E-state index contributed by atoms with van der Waals surface area (Å²) in [4.78, 5) is 23.1. The summed E-state index contributed by atoms with van der Waals surface area (Å²) < 4.78 is 10.3. The van der Waals surface area contributed by atoms with Crippen molar-refractivity contribution >= 4 is 23.4 Å². The van der Waals surface area contributed by atoms with Crippen LogP contribution in [-0.4, -0.2) is 35.9 Å². The maximum Gasteiger partial charge on any atom is 0.412 e. The predicted octanol–water partition coefficient (Wildman–Crippen LogP) is 3.32. The van der Waals surface area contributed by atoms with Gasteiger partial charge in [0.2, 0.25) is 0 Å². The summed E-state index contributed by atoms with van der Waals surface area (Å²) in [6.45, 7) is 7.04. The summed E-state index contributed by atoms with van der Waals surface area (Å²) in [5, 5.41) is 14.7. The number of hydrogen-bond donors (Lipinski definition) is 3. The number of anilines is 2. The second kappa shape index (κ2) is 7.71. The smallest absolute Gasteiger partial charge is 0.412 e. The molecule has 0 bridgehead atoms. The molecular formula is C16H24N2O5. The number of ether oxygens (including phenoxy) is 2. The topological polar surface area (TPSA) is 96.9 Å². The number of carbonyl (C=O) groups excluding carboxylic acids is 1. The number of carboxylic acids is 1. The number of rotatable bonds is 6. The summed E-state index contributed by atoms with van der Waals surface area (Å²) >= 11 is 0. The average Bonchev–Trinajstić information content (AvgIpc) is 2.43. The minimum atomic E-state index is -0.974. The molecular weight excluding hydrogens is 300 g/mol. The third-order valence-corrected chi connectivity index (χ3v) is 2.90. The number of carbonyl (C=O) groups is 2. The van der Waals surface area contributed by atoms with Crippen molar-refractivity contribution in [1.29, 1.82) is 0 Å². The SMILES string of the molecule is CCC(Nc1cc(OC)ccc1NC(=O)OC(C)(C)C)C(=O)O. The van der Waals surface area contributed by atoms with Gasteiger partial charge in [-0.1, -0.05) is 6.92 Å². The molecule has 1 aromatic carbocycles. The van der Waals surface area contributed by atoms with Crippen molar-refractivity contribution in [3.63, 3.8) is 0 Å². The van der Waals surface area contributed by atoms with E-state index in [4.69, 9.17) is 9.47 Å². The lowest BCUT2D eigenvalue weighted by atomic mass is 10.2. The molecule has 0 saturated heterocycles. The Hall–Kier alpha value is -2.44. The zero-order valence-corrected chi connectivity index (χ0v) is 14.1. The molecule has 1 atom stereocenters. The number of methoxy groups -OCH3 is 1. The van der Waals surface area contributed by atoms with Crippen LogP contribution in [0.5, 0.6) is 5.75 Å². The Morgan fingerprint density at radius 2 is 1.91 bits per heavy atom. The van der Waals surface area contributed by atoms with Crippen LogP contribution >= 0.6 is 0 Å². The molecule has 0 aliphatic heterocycles. The molecule has 0 saturated carbocycles. The quantitative estimate of drug-likeness (QED) is 0.743. The van der Waals surface area contributed by atoms with E-state index in [0.717, 1.165) is 0 Å². The highest BCUT2D eigenvalue weighted by atomic mass is 16.6. The Balaban J connectivity index is 3.02. The van der Waals surface area contributed by atoms with Crippen molar-refractivity contribution in [2.24, 2.45) is 0 Å². The van der Waals surface area contributed by atoms with Gasteiger partial charge >= 0.3 is 12.1 Å². The van der Waals surface area contributed by atoms with Gasteiger partial charge in [-0.05, 0) is 39.3 Å². The van der Waals surface area contributed by atoms with Crippen LogP contribution in [0.3, 0.4) is 0 Å². The van der Waals surface area contributed by atoms with E-state index in [1.807, 2.05) is 0 Å². The Morgan fingerprint density at radius 1 is 1.26 bits per heavy atom. The van der Waals surface area contributed by atoms with E-state index in [2.05, 4.69) is 10.6 Å². The molecule has 0 spiro atoms. The molecule has 23 heavy (non-hydrogen) atoms. The first-order valence-corrected chi connectivity index (χ1v) is 7.33. The van der Waals surface area contributed by atoms with Crippen LogP contribution < -0.4 is 15.4 Å². The van der Waals surface area contributed by atoms with E-state index in [0.29, 0.717) is 23.5 Å². The van der Waals surface area contributed by atoms with E-state index in [9.17, 15) is 14.7 Å². The Labute approximate surface area is 136 Å². The molecule has 0 aliphatic rings. The van der Waals surface area contributed by atoms with Crippen LogP contribution in [0.2, 0.25) is 0 Å². The molecule has 1 unspecified atom stereocenters. The highest BCUT2D eigenvalue weighted by Crippen LogP contribution is 2.28. The maximum absolute atomic E-state index is 11.9. The molecule has 7 nitrogen and oxygen atoms in total. The van der Waals surface area contributed by atoms with Crippen molar-refractivity contribution in [2.45, 2.75) is 45.8 Å².